The van der Waals surface area contributed by atoms with Crippen LogP contribution in [0.25, 0.3) is 0 Å². The Balaban J connectivity index is 1.52. The Morgan fingerprint density at radius 3 is 2.59 bits per heavy atom. The van der Waals surface area contributed by atoms with Gasteiger partial charge in [0, 0.05) is 12.6 Å². The standard InChI is InChI=1S/C19H17ClFN5O2S/c1-26-16(10-22-18(28)12-6-8-13(21)9-7-12)24-25-19(26)29-11-17(27)23-15-5-3-2-4-14(15)20/h2-9H,10-11H2,1H3,(H,22,28)(H,23,27). The van der Waals surface area contributed by atoms with Gasteiger partial charge in [-0.05, 0) is 36.4 Å². The van der Waals surface area contributed by atoms with Crippen molar-refractivity contribution in [3.05, 3.63) is 70.8 Å². The highest BCUT2D eigenvalue weighted by Gasteiger charge is 2.13. The Morgan fingerprint density at radius 2 is 1.86 bits per heavy atom. The molecule has 0 aliphatic rings. The van der Waals surface area contributed by atoms with E-state index in [0.717, 1.165) is 0 Å². The summed E-state index contributed by atoms with van der Waals surface area (Å²) in [5.41, 5.74) is 0.890. The van der Waals surface area contributed by atoms with E-state index in [-0.39, 0.29) is 24.1 Å². The third-order valence-electron chi connectivity index (χ3n) is 3.92. The van der Waals surface area contributed by atoms with E-state index in [1.165, 1.54) is 36.0 Å². The second-order valence-electron chi connectivity index (χ2n) is 5.96. The highest BCUT2D eigenvalue weighted by atomic mass is 35.5. The van der Waals surface area contributed by atoms with Crippen molar-refractivity contribution < 1.29 is 14.0 Å². The number of para-hydroxylation sites is 1. The predicted octanol–water partition coefficient (Wildman–Crippen LogP) is 3.27. The van der Waals surface area contributed by atoms with Crippen LogP contribution in [-0.4, -0.2) is 32.3 Å². The van der Waals surface area contributed by atoms with Crippen LogP contribution >= 0.6 is 23.4 Å². The van der Waals surface area contributed by atoms with Crippen molar-refractivity contribution in [3.63, 3.8) is 0 Å². The molecule has 0 bridgehead atoms. The molecule has 0 unspecified atom stereocenters. The van der Waals surface area contributed by atoms with E-state index in [2.05, 4.69) is 20.8 Å². The van der Waals surface area contributed by atoms with Crippen LogP contribution in [0.1, 0.15) is 16.2 Å². The molecule has 2 aromatic carbocycles. The Bertz CT molecular complexity index is 1030. The summed E-state index contributed by atoms with van der Waals surface area (Å²) in [6, 6.07) is 12.2. The zero-order chi connectivity index (χ0) is 20.8. The number of anilines is 1. The molecule has 0 saturated heterocycles. The van der Waals surface area contributed by atoms with Crippen molar-refractivity contribution in [2.75, 3.05) is 11.1 Å². The largest absolute Gasteiger partial charge is 0.345 e. The average molecular weight is 434 g/mol. The number of rotatable bonds is 7. The van der Waals surface area contributed by atoms with Gasteiger partial charge in [-0.15, -0.1) is 10.2 Å². The van der Waals surface area contributed by atoms with Gasteiger partial charge in [0.2, 0.25) is 5.91 Å². The average Bonchev–Trinajstić information content (AvgIpc) is 3.06. The number of carbonyl (C=O) groups excluding carboxylic acids is 2. The smallest absolute Gasteiger partial charge is 0.251 e. The highest BCUT2D eigenvalue weighted by molar-refractivity contribution is 7.99. The van der Waals surface area contributed by atoms with Gasteiger partial charge in [0.25, 0.3) is 5.91 Å². The van der Waals surface area contributed by atoms with Gasteiger partial charge in [-0.3, -0.25) is 9.59 Å². The quantitative estimate of drug-likeness (QED) is 0.558. The molecule has 3 rings (SSSR count). The molecule has 0 radical (unpaired) electrons. The van der Waals surface area contributed by atoms with E-state index < -0.39 is 5.82 Å². The third-order valence-corrected chi connectivity index (χ3v) is 5.27. The second-order valence-corrected chi connectivity index (χ2v) is 7.31. The fourth-order valence-corrected chi connectivity index (χ4v) is 3.28. The molecule has 0 fully saturated rings. The minimum absolute atomic E-state index is 0.124. The van der Waals surface area contributed by atoms with Crippen molar-refractivity contribution in [1.29, 1.82) is 0 Å². The second kappa shape index (κ2) is 9.53. The first-order chi connectivity index (χ1) is 13.9. The SMILES string of the molecule is Cn1c(CNC(=O)c2ccc(F)cc2)nnc1SCC(=O)Nc1ccccc1Cl. The summed E-state index contributed by atoms with van der Waals surface area (Å²) in [7, 11) is 1.74. The monoisotopic (exact) mass is 433 g/mol. The lowest BCUT2D eigenvalue weighted by molar-refractivity contribution is -0.113. The maximum Gasteiger partial charge on any atom is 0.251 e. The van der Waals surface area contributed by atoms with Crippen LogP contribution in [0.2, 0.25) is 5.02 Å². The Hall–Kier alpha value is -2.91. The van der Waals surface area contributed by atoms with Gasteiger partial charge < -0.3 is 15.2 Å². The normalized spacial score (nSPS) is 10.6. The van der Waals surface area contributed by atoms with Crippen LogP contribution in [0.3, 0.4) is 0 Å². The molecule has 10 heteroatoms. The lowest BCUT2D eigenvalue weighted by Gasteiger charge is -2.07. The number of nitrogens with one attached hydrogen (secondary N) is 2. The summed E-state index contributed by atoms with van der Waals surface area (Å²) >= 11 is 7.24. The molecule has 0 aliphatic heterocycles. The van der Waals surface area contributed by atoms with Crippen LogP contribution in [-0.2, 0) is 18.4 Å². The van der Waals surface area contributed by atoms with Crippen LogP contribution in [0.15, 0.2) is 53.7 Å². The number of aromatic nitrogens is 3. The molecule has 0 aliphatic carbocycles. The Labute approximate surface area is 175 Å². The molecule has 2 amide bonds. The fourth-order valence-electron chi connectivity index (χ4n) is 2.37. The van der Waals surface area contributed by atoms with Gasteiger partial charge in [-0.2, -0.15) is 0 Å². The van der Waals surface area contributed by atoms with Crippen molar-refractivity contribution >= 4 is 40.9 Å². The Kier molecular flexibility index (Phi) is 6.84. The molecule has 1 heterocycles. The molecule has 0 atom stereocenters. The van der Waals surface area contributed by atoms with E-state index in [9.17, 15) is 14.0 Å². The van der Waals surface area contributed by atoms with E-state index >= 15 is 0 Å². The van der Waals surface area contributed by atoms with E-state index in [1.54, 1.807) is 35.9 Å². The topological polar surface area (TPSA) is 88.9 Å². The lowest BCUT2D eigenvalue weighted by atomic mass is 10.2. The molecule has 1 aromatic heterocycles. The molecule has 2 N–H and O–H groups in total. The molecular weight excluding hydrogens is 417 g/mol. The van der Waals surface area contributed by atoms with Crippen molar-refractivity contribution in [1.82, 2.24) is 20.1 Å². The molecular formula is C19H17ClFN5O2S. The summed E-state index contributed by atoms with van der Waals surface area (Å²) in [4.78, 5) is 24.2. The number of hydrogen-bond acceptors (Lipinski definition) is 5. The summed E-state index contributed by atoms with van der Waals surface area (Å²) < 4.78 is 14.6. The minimum Gasteiger partial charge on any atom is -0.345 e. The first kappa shape index (κ1) is 20.8. The number of carbonyl (C=O) groups is 2. The van der Waals surface area contributed by atoms with Crippen LogP contribution in [0.5, 0.6) is 0 Å². The van der Waals surface area contributed by atoms with Gasteiger partial charge in [0.1, 0.15) is 5.82 Å². The van der Waals surface area contributed by atoms with Crippen LogP contribution < -0.4 is 10.6 Å². The van der Waals surface area contributed by atoms with Crippen molar-refractivity contribution in [2.24, 2.45) is 7.05 Å². The van der Waals surface area contributed by atoms with Gasteiger partial charge >= 0.3 is 0 Å². The number of benzene rings is 2. The van der Waals surface area contributed by atoms with Gasteiger partial charge in [-0.25, -0.2) is 4.39 Å². The van der Waals surface area contributed by atoms with E-state index in [1.807, 2.05) is 0 Å². The van der Waals surface area contributed by atoms with Gasteiger partial charge in [-0.1, -0.05) is 35.5 Å². The van der Waals surface area contributed by atoms with Gasteiger partial charge in [0.05, 0.1) is 23.0 Å². The van der Waals surface area contributed by atoms with E-state index in [0.29, 0.717) is 27.3 Å². The number of amides is 2. The predicted molar refractivity (Wildman–Crippen MR) is 109 cm³/mol. The minimum atomic E-state index is -0.407. The maximum absolute atomic E-state index is 12.9. The molecule has 150 valence electrons. The lowest BCUT2D eigenvalue weighted by Crippen LogP contribution is -2.24. The summed E-state index contributed by atoms with van der Waals surface area (Å²) in [5.74, 6) is -0.331. The zero-order valence-corrected chi connectivity index (χ0v) is 16.9. The summed E-state index contributed by atoms with van der Waals surface area (Å²) in [6.07, 6.45) is 0. The molecule has 7 nitrogen and oxygen atoms in total. The first-order valence-corrected chi connectivity index (χ1v) is 9.89. The maximum atomic E-state index is 12.9. The first-order valence-electron chi connectivity index (χ1n) is 8.53. The molecule has 3 aromatic rings. The molecule has 0 spiro atoms. The van der Waals surface area contributed by atoms with Gasteiger partial charge in [0.15, 0.2) is 11.0 Å². The van der Waals surface area contributed by atoms with Crippen LogP contribution in [0.4, 0.5) is 10.1 Å². The van der Waals surface area contributed by atoms with Crippen LogP contribution in [0, 0.1) is 5.82 Å². The fraction of sp³-hybridized carbons (Fsp3) is 0.158. The highest BCUT2D eigenvalue weighted by Crippen LogP contribution is 2.21. The Morgan fingerprint density at radius 1 is 1.14 bits per heavy atom. The zero-order valence-electron chi connectivity index (χ0n) is 15.4. The summed E-state index contributed by atoms with van der Waals surface area (Å²) in [5, 5.41) is 14.5. The number of nitrogens with zero attached hydrogens (tertiary/aromatic N) is 3. The molecule has 0 saturated carbocycles. The third kappa shape index (κ3) is 5.55. The van der Waals surface area contributed by atoms with E-state index in [4.69, 9.17) is 11.6 Å². The molecule has 29 heavy (non-hydrogen) atoms. The van der Waals surface area contributed by atoms with Crippen molar-refractivity contribution in [3.8, 4) is 0 Å². The number of halogens is 2. The number of hydrogen-bond donors (Lipinski definition) is 2. The number of thioether (sulfide) groups is 1. The summed E-state index contributed by atoms with van der Waals surface area (Å²) in [6.45, 7) is 0.145. The van der Waals surface area contributed by atoms with Crippen molar-refractivity contribution in [2.45, 2.75) is 11.7 Å².